The first kappa shape index (κ1) is 19.4. The molecule has 1 aliphatic rings. The Balaban J connectivity index is 1.53. The van der Waals surface area contributed by atoms with E-state index in [-0.39, 0.29) is 0 Å². The average Bonchev–Trinajstić information content (AvgIpc) is 2.99. The van der Waals surface area contributed by atoms with E-state index in [1.165, 1.54) is 11.3 Å². The first-order chi connectivity index (χ1) is 12.5. The summed E-state index contributed by atoms with van der Waals surface area (Å²) in [6.45, 7) is 9.77. The number of nitrogens with one attached hydrogen (secondary N) is 1. The highest BCUT2D eigenvalue weighted by Gasteiger charge is 2.21. The summed E-state index contributed by atoms with van der Waals surface area (Å²) in [6, 6.07) is 5.50. The van der Waals surface area contributed by atoms with E-state index in [4.69, 9.17) is 35.4 Å². The van der Waals surface area contributed by atoms with Crippen LogP contribution in [-0.2, 0) is 13.1 Å². The van der Waals surface area contributed by atoms with E-state index >= 15 is 0 Å². The third-order valence-electron chi connectivity index (χ3n) is 4.75. The maximum atomic E-state index is 6.23. The Labute approximate surface area is 169 Å². The number of rotatable bonds is 4. The Morgan fingerprint density at radius 2 is 1.96 bits per heavy atom. The van der Waals surface area contributed by atoms with Gasteiger partial charge in [0.15, 0.2) is 5.11 Å². The number of aryl methyl sites for hydroxylation is 1. The number of piperazine rings is 1. The van der Waals surface area contributed by atoms with Gasteiger partial charge in [-0.05, 0) is 38.2 Å². The molecule has 0 spiro atoms. The van der Waals surface area contributed by atoms with Crippen LogP contribution in [0.2, 0.25) is 10.0 Å². The van der Waals surface area contributed by atoms with Gasteiger partial charge in [0.1, 0.15) is 0 Å². The van der Waals surface area contributed by atoms with Crippen LogP contribution in [-0.4, -0.2) is 50.9 Å². The molecule has 5 nitrogen and oxygen atoms in total. The lowest BCUT2D eigenvalue weighted by Gasteiger charge is -2.36. The Hall–Kier alpha value is -1.34. The molecule has 1 fully saturated rings. The summed E-state index contributed by atoms with van der Waals surface area (Å²) in [7, 11) is 0. The van der Waals surface area contributed by atoms with Crippen LogP contribution in [0.1, 0.15) is 18.2 Å². The van der Waals surface area contributed by atoms with Crippen molar-refractivity contribution < 1.29 is 0 Å². The molecular formula is C18H23Cl2N5S. The highest BCUT2D eigenvalue weighted by Crippen LogP contribution is 2.29. The number of thiocarbonyl (C=S) groups is 1. The van der Waals surface area contributed by atoms with Gasteiger partial charge >= 0.3 is 0 Å². The molecule has 140 valence electrons. The monoisotopic (exact) mass is 411 g/mol. The highest BCUT2D eigenvalue weighted by molar-refractivity contribution is 7.80. The fourth-order valence-electron chi connectivity index (χ4n) is 3.10. The number of hydrogen-bond acceptors (Lipinski definition) is 3. The van der Waals surface area contributed by atoms with Crippen molar-refractivity contribution in [1.82, 2.24) is 19.6 Å². The number of aromatic nitrogens is 2. The van der Waals surface area contributed by atoms with Gasteiger partial charge in [0, 0.05) is 50.5 Å². The van der Waals surface area contributed by atoms with E-state index in [1.54, 1.807) is 6.07 Å². The summed E-state index contributed by atoms with van der Waals surface area (Å²) in [4.78, 5) is 4.61. The minimum absolute atomic E-state index is 0.499. The van der Waals surface area contributed by atoms with E-state index < -0.39 is 0 Å². The van der Waals surface area contributed by atoms with Crippen molar-refractivity contribution >= 4 is 46.2 Å². The minimum atomic E-state index is 0.499. The van der Waals surface area contributed by atoms with Crippen molar-refractivity contribution in [3.63, 3.8) is 0 Å². The fourth-order valence-corrected chi connectivity index (χ4v) is 3.74. The van der Waals surface area contributed by atoms with Crippen LogP contribution in [0, 0.1) is 6.92 Å². The Bertz CT molecular complexity index is 784. The molecule has 0 saturated carbocycles. The molecular weight excluding hydrogens is 389 g/mol. The van der Waals surface area contributed by atoms with Gasteiger partial charge in [0.25, 0.3) is 0 Å². The number of nitrogens with zero attached hydrogens (tertiary/aromatic N) is 4. The van der Waals surface area contributed by atoms with Crippen molar-refractivity contribution in [1.29, 1.82) is 0 Å². The summed E-state index contributed by atoms with van der Waals surface area (Å²) in [6.07, 6.45) is 1.98. The second-order valence-corrected chi connectivity index (χ2v) is 7.54. The molecule has 26 heavy (non-hydrogen) atoms. The number of anilines is 1. The highest BCUT2D eigenvalue weighted by atomic mass is 35.5. The first-order valence-electron chi connectivity index (χ1n) is 8.73. The fraction of sp³-hybridized carbons (Fsp3) is 0.444. The van der Waals surface area contributed by atoms with Gasteiger partial charge in [0.2, 0.25) is 0 Å². The van der Waals surface area contributed by atoms with Gasteiger partial charge in [0.05, 0.1) is 21.9 Å². The smallest absolute Gasteiger partial charge is 0.173 e. The van der Waals surface area contributed by atoms with Crippen LogP contribution >= 0.6 is 35.4 Å². The minimum Gasteiger partial charge on any atom is -0.346 e. The second-order valence-electron chi connectivity index (χ2n) is 6.37. The maximum Gasteiger partial charge on any atom is 0.173 e. The van der Waals surface area contributed by atoms with Crippen LogP contribution < -0.4 is 5.32 Å². The van der Waals surface area contributed by atoms with E-state index in [0.717, 1.165) is 45.0 Å². The lowest BCUT2D eigenvalue weighted by atomic mass is 10.2. The van der Waals surface area contributed by atoms with Crippen LogP contribution in [0.25, 0.3) is 0 Å². The summed E-state index contributed by atoms with van der Waals surface area (Å²) in [5.41, 5.74) is 3.30. The first-order valence-corrected chi connectivity index (χ1v) is 9.89. The molecule has 2 heterocycles. The van der Waals surface area contributed by atoms with Crippen LogP contribution in [0.3, 0.4) is 0 Å². The third kappa shape index (κ3) is 4.31. The molecule has 1 aromatic carbocycles. The van der Waals surface area contributed by atoms with Gasteiger partial charge in [-0.15, -0.1) is 0 Å². The molecule has 1 aromatic heterocycles. The third-order valence-corrected chi connectivity index (χ3v) is 5.93. The molecule has 2 aromatic rings. The molecule has 0 amide bonds. The number of benzene rings is 1. The summed E-state index contributed by atoms with van der Waals surface area (Å²) in [5, 5.41) is 9.35. The predicted octanol–water partition coefficient (Wildman–Crippen LogP) is 4.03. The van der Waals surface area contributed by atoms with Crippen molar-refractivity contribution in [2.75, 3.05) is 31.5 Å². The Morgan fingerprint density at radius 1 is 1.23 bits per heavy atom. The summed E-state index contributed by atoms with van der Waals surface area (Å²) >= 11 is 17.8. The number of hydrogen-bond donors (Lipinski definition) is 1. The van der Waals surface area contributed by atoms with Crippen LogP contribution in [0.4, 0.5) is 5.69 Å². The molecule has 8 heteroatoms. The van der Waals surface area contributed by atoms with E-state index in [9.17, 15) is 0 Å². The van der Waals surface area contributed by atoms with E-state index in [1.807, 2.05) is 23.0 Å². The van der Waals surface area contributed by atoms with E-state index in [0.29, 0.717) is 15.2 Å². The summed E-state index contributed by atoms with van der Waals surface area (Å²) in [5.74, 6) is 0. The van der Waals surface area contributed by atoms with Gasteiger partial charge in [-0.3, -0.25) is 9.58 Å². The maximum absolute atomic E-state index is 6.23. The van der Waals surface area contributed by atoms with Crippen LogP contribution in [0.5, 0.6) is 0 Å². The zero-order valence-corrected chi connectivity index (χ0v) is 17.3. The van der Waals surface area contributed by atoms with Gasteiger partial charge in [-0.25, -0.2) is 0 Å². The average molecular weight is 412 g/mol. The van der Waals surface area contributed by atoms with Crippen molar-refractivity contribution in [2.24, 2.45) is 0 Å². The molecule has 0 unspecified atom stereocenters. The van der Waals surface area contributed by atoms with Crippen molar-refractivity contribution in [2.45, 2.75) is 26.9 Å². The molecule has 0 aliphatic carbocycles. The topological polar surface area (TPSA) is 36.3 Å². The predicted molar refractivity (Wildman–Crippen MR) is 112 cm³/mol. The molecule has 1 N–H and O–H groups in total. The molecule has 0 atom stereocenters. The quantitative estimate of drug-likeness (QED) is 0.768. The van der Waals surface area contributed by atoms with Gasteiger partial charge < -0.3 is 10.2 Å². The zero-order valence-electron chi connectivity index (χ0n) is 15.0. The van der Waals surface area contributed by atoms with Crippen molar-refractivity contribution in [3.8, 4) is 0 Å². The Kier molecular flexibility index (Phi) is 6.40. The number of halogens is 2. The molecule has 1 aliphatic heterocycles. The van der Waals surface area contributed by atoms with Gasteiger partial charge in [-0.2, -0.15) is 5.10 Å². The largest absolute Gasteiger partial charge is 0.346 e. The summed E-state index contributed by atoms with van der Waals surface area (Å²) < 4.78 is 2.04. The zero-order chi connectivity index (χ0) is 18.7. The molecule has 0 bridgehead atoms. The standard InChI is InChI=1S/C18H23Cl2N5S/c1-3-25-13(2)14(11-21-25)12-23-7-9-24(10-8-23)18(26)22-16-6-4-5-15(19)17(16)20/h4-6,11H,3,7-10,12H2,1-2H3,(H,22,26). The Morgan fingerprint density at radius 3 is 2.62 bits per heavy atom. The van der Waals surface area contributed by atoms with Gasteiger partial charge in [-0.1, -0.05) is 29.3 Å². The molecule has 0 radical (unpaired) electrons. The lowest BCUT2D eigenvalue weighted by molar-refractivity contribution is 0.176. The normalized spacial score (nSPS) is 15.3. The second kappa shape index (κ2) is 8.57. The van der Waals surface area contributed by atoms with Crippen molar-refractivity contribution in [3.05, 3.63) is 45.7 Å². The van der Waals surface area contributed by atoms with E-state index in [2.05, 4.69) is 34.1 Å². The lowest BCUT2D eigenvalue weighted by Crippen LogP contribution is -2.49. The van der Waals surface area contributed by atoms with Crippen LogP contribution in [0.15, 0.2) is 24.4 Å². The SMILES string of the molecule is CCn1ncc(CN2CCN(C(=S)Nc3cccc(Cl)c3Cl)CC2)c1C. The molecule has 3 rings (SSSR count). The molecule has 1 saturated heterocycles.